The molecular weight excluding hydrogens is 258 g/mol. The zero-order valence-corrected chi connectivity index (χ0v) is 12.7. The molecule has 106 valence electrons. The highest BCUT2D eigenvalue weighted by Crippen LogP contribution is 2.15. The van der Waals surface area contributed by atoms with E-state index < -0.39 is 0 Å². The van der Waals surface area contributed by atoms with E-state index in [4.69, 9.17) is 4.74 Å². The molecule has 0 spiro atoms. The van der Waals surface area contributed by atoms with Gasteiger partial charge in [0.05, 0.1) is 6.10 Å². The van der Waals surface area contributed by atoms with Crippen LogP contribution in [0.25, 0.3) is 0 Å². The van der Waals surface area contributed by atoms with Gasteiger partial charge >= 0.3 is 0 Å². The van der Waals surface area contributed by atoms with E-state index >= 15 is 0 Å². The molecule has 1 aromatic heterocycles. The van der Waals surface area contributed by atoms with Crippen LogP contribution in [0.5, 0.6) is 0 Å². The summed E-state index contributed by atoms with van der Waals surface area (Å²) in [7, 11) is 2.13. The predicted molar refractivity (Wildman–Crippen MR) is 78.4 cm³/mol. The molecule has 4 nitrogen and oxygen atoms in total. The zero-order valence-electron chi connectivity index (χ0n) is 11.8. The number of thioether (sulfide) groups is 1. The lowest BCUT2D eigenvalue weighted by molar-refractivity contribution is -0.00262. The summed E-state index contributed by atoms with van der Waals surface area (Å²) in [6, 6.07) is 0. The molecule has 0 saturated carbocycles. The lowest BCUT2D eigenvalue weighted by Crippen LogP contribution is -2.33. The van der Waals surface area contributed by atoms with E-state index in [0.717, 1.165) is 30.6 Å². The molecular formula is C14H23N3OS. The minimum Gasteiger partial charge on any atom is -0.377 e. The molecule has 0 aromatic carbocycles. The van der Waals surface area contributed by atoms with Crippen LogP contribution in [-0.4, -0.2) is 46.9 Å². The normalized spacial score (nSPS) is 19.8. The van der Waals surface area contributed by atoms with Crippen molar-refractivity contribution in [2.75, 3.05) is 26.0 Å². The second-order valence-corrected chi connectivity index (χ2v) is 6.22. The van der Waals surface area contributed by atoms with Crippen LogP contribution in [0.1, 0.15) is 31.7 Å². The fourth-order valence-electron chi connectivity index (χ4n) is 2.30. The smallest absolute Gasteiger partial charge is 0.187 e. The Bertz CT molecular complexity index is 365. The maximum Gasteiger partial charge on any atom is 0.187 e. The lowest BCUT2D eigenvalue weighted by atomic mass is 10.1. The van der Waals surface area contributed by atoms with Crippen LogP contribution in [-0.2, 0) is 11.3 Å². The maximum atomic E-state index is 5.76. The third-order valence-corrected chi connectivity index (χ3v) is 3.95. The van der Waals surface area contributed by atoms with Gasteiger partial charge in [0.25, 0.3) is 0 Å². The van der Waals surface area contributed by atoms with Gasteiger partial charge in [0.1, 0.15) is 0 Å². The number of aromatic nitrogens is 2. The first kappa shape index (κ1) is 14.8. The molecule has 1 aromatic rings. The monoisotopic (exact) mass is 281 g/mol. The Labute approximate surface area is 120 Å². The summed E-state index contributed by atoms with van der Waals surface area (Å²) in [6.45, 7) is 4.91. The third-order valence-electron chi connectivity index (χ3n) is 3.20. The summed E-state index contributed by atoms with van der Waals surface area (Å²) < 4.78 is 5.76. The van der Waals surface area contributed by atoms with Crippen LogP contribution < -0.4 is 0 Å². The van der Waals surface area contributed by atoms with Crippen LogP contribution in [0.2, 0.25) is 0 Å². The molecule has 0 N–H and O–H groups in total. The van der Waals surface area contributed by atoms with E-state index in [0.29, 0.717) is 6.10 Å². The molecule has 5 heteroatoms. The topological polar surface area (TPSA) is 38.2 Å². The summed E-state index contributed by atoms with van der Waals surface area (Å²) in [5.41, 5.74) is 1.17. The molecule has 0 amide bonds. The zero-order chi connectivity index (χ0) is 13.5. The molecule has 1 aliphatic rings. The summed E-state index contributed by atoms with van der Waals surface area (Å²) in [5.74, 6) is 1.01. The Morgan fingerprint density at radius 3 is 2.79 bits per heavy atom. The van der Waals surface area contributed by atoms with E-state index in [2.05, 4.69) is 28.8 Å². The number of hydrogen-bond acceptors (Lipinski definition) is 5. The van der Waals surface area contributed by atoms with Gasteiger partial charge in [0.2, 0.25) is 0 Å². The highest BCUT2D eigenvalue weighted by molar-refractivity contribution is 7.99. The first-order valence-corrected chi connectivity index (χ1v) is 8.00. The average Bonchev–Trinajstić information content (AvgIpc) is 2.42. The van der Waals surface area contributed by atoms with Gasteiger partial charge in [0.15, 0.2) is 5.16 Å². The van der Waals surface area contributed by atoms with Gasteiger partial charge in [-0.2, -0.15) is 0 Å². The molecule has 1 saturated heterocycles. The molecule has 0 radical (unpaired) electrons. The minimum atomic E-state index is 0.398. The van der Waals surface area contributed by atoms with Crippen molar-refractivity contribution in [2.24, 2.45) is 0 Å². The van der Waals surface area contributed by atoms with Gasteiger partial charge in [-0.15, -0.1) is 0 Å². The SMILES string of the molecule is CCSc1ncc(CN(C)C[C@@H]2CCCCO2)cn1. The first-order valence-electron chi connectivity index (χ1n) is 7.01. The van der Waals surface area contributed by atoms with E-state index in [1.54, 1.807) is 11.8 Å². The van der Waals surface area contributed by atoms with Crippen molar-refractivity contribution in [3.05, 3.63) is 18.0 Å². The van der Waals surface area contributed by atoms with Crippen LogP contribution in [0.15, 0.2) is 17.6 Å². The first-order chi connectivity index (χ1) is 9.28. The minimum absolute atomic E-state index is 0.398. The Morgan fingerprint density at radius 2 is 2.16 bits per heavy atom. The van der Waals surface area contributed by atoms with E-state index in [1.165, 1.54) is 24.8 Å². The Morgan fingerprint density at radius 1 is 1.37 bits per heavy atom. The molecule has 2 rings (SSSR count). The highest BCUT2D eigenvalue weighted by Gasteiger charge is 2.15. The predicted octanol–water partition coefficient (Wildman–Crippen LogP) is 2.59. The van der Waals surface area contributed by atoms with Gasteiger partial charge in [-0.1, -0.05) is 18.7 Å². The van der Waals surface area contributed by atoms with E-state index in [1.807, 2.05) is 12.4 Å². The van der Waals surface area contributed by atoms with E-state index in [9.17, 15) is 0 Å². The number of likely N-dealkylation sites (N-methyl/N-ethyl adjacent to an activating group) is 1. The summed E-state index contributed by atoms with van der Waals surface area (Å²) >= 11 is 1.68. The third kappa shape index (κ3) is 5.09. The van der Waals surface area contributed by atoms with Crippen molar-refractivity contribution >= 4 is 11.8 Å². The largest absolute Gasteiger partial charge is 0.377 e. The summed E-state index contributed by atoms with van der Waals surface area (Å²) in [6.07, 6.45) is 7.96. The molecule has 0 unspecified atom stereocenters. The van der Waals surface area contributed by atoms with Crippen molar-refractivity contribution < 1.29 is 4.74 Å². The number of ether oxygens (including phenoxy) is 1. The van der Waals surface area contributed by atoms with Crippen LogP contribution >= 0.6 is 11.8 Å². The second-order valence-electron chi connectivity index (χ2n) is 4.99. The standard InChI is InChI=1S/C14H23N3OS/c1-3-19-14-15-8-12(9-16-14)10-17(2)11-13-6-4-5-7-18-13/h8-9,13H,3-7,10-11H2,1-2H3/t13-/m0/s1. The highest BCUT2D eigenvalue weighted by atomic mass is 32.2. The van der Waals surface area contributed by atoms with Crippen LogP contribution in [0, 0.1) is 0 Å². The number of nitrogens with zero attached hydrogens (tertiary/aromatic N) is 3. The van der Waals surface area contributed by atoms with E-state index in [-0.39, 0.29) is 0 Å². The molecule has 0 aliphatic carbocycles. The van der Waals surface area contributed by atoms with Gasteiger partial charge in [0, 0.05) is 37.7 Å². The van der Waals surface area contributed by atoms with Gasteiger partial charge in [-0.3, -0.25) is 4.90 Å². The lowest BCUT2D eigenvalue weighted by Gasteiger charge is -2.27. The maximum absolute atomic E-state index is 5.76. The number of rotatable bonds is 6. The van der Waals surface area contributed by atoms with Gasteiger partial charge in [-0.05, 0) is 32.1 Å². The molecule has 1 fully saturated rings. The van der Waals surface area contributed by atoms with Crippen LogP contribution in [0.4, 0.5) is 0 Å². The second kappa shape index (κ2) is 7.82. The summed E-state index contributed by atoms with van der Waals surface area (Å²) in [5, 5.41) is 0.865. The van der Waals surface area contributed by atoms with Crippen molar-refractivity contribution in [2.45, 2.75) is 44.0 Å². The Kier molecular flexibility index (Phi) is 6.07. The van der Waals surface area contributed by atoms with Crippen molar-refractivity contribution in [1.29, 1.82) is 0 Å². The van der Waals surface area contributed by atoms with Gasteiger partial charge < -0.3 is 4.74 Å². The summed E-state index contributed by atoms with van der Waals surface area (Å²) in [4.78, 5) is 11.0. The van der Waals surface area contributed by atoms with Crippen molar-refractivity contribution in [1.82, 2.24) is 14.9 Å². The number of hydrogen-bond donors (Lipinski definition) is 0. The molecule has 19 heavy (non-hydrogen) atoms. The van der Waals surface area contributed by atoms with Crippen molar-refractivity contribution in [3.8, 4) is 0 Å². The molecule has 0 bridgehead atoms. The average molecular weight is 281 g/mol. The van der Waals surface area contributed by atoms with Crippen molar-refractivity contribution in [3.63, 3.8) is 0 Å². The molecule has 1 aliphatic heterocycles. The molecule has 2 heterocycles. The quantitative estimate of drug-likeness (QED) is 0.592. The Balaban J connectivity index is 1.78. The Hall–Kier alpha value is -0.650. The van der Waals surface area contributed by atoms with Gasteiger partial charge in [-0.25, -0.2) is 9.97 Å². The molecule has 1 atom stereocenters. The van der Waals surface area contributed by atoms with Crippen LogP contribution in [0.3, 0.4) is 0 Å². The fourth-order valence-corrected chi connectivity index (χ4v) is 2.82. The fraction of sp³-hybridized carbons (Fsp3) is 0.714.